The van der Waals surface area contributed by atoms with Crippen molar-refractivity contribution < 1.29 is 14.6 Å². The van der Waals surface area contributed by atoms with Crippen molar-refractivity contribution in [1.82, 2.24) is 4.98 Å². The highest BCUT2D eigenvalue weighted by Crippen LogP contribution is 2.61. The smallest absolute Gasteiger partial charge is 0.316 e. The fourth-order valence-electron chi connectivity index (χ4n) is 3.29. The number of hydrogen-bond donors (Lipinski definition) is 1. The fraction of sp³-hybridized carbons (Fsp3) is 0.500. The Hall–Kier alpha value is -0.940. The van der Waals surface area contributed by atoms with Crippen LogP contribution in [-0.4, -0.2) is 23.2 Å². The van der Waals surface area contributed by atoms with Crippen LogP contribution < -0.4 is 0 Å². The van der Waals surface area contributed by atoms with Gasteiger partial charge in [-0.2, -0.15) is 0 Å². The summed E-state index contributed by atoms with van der Waals surface area (Å²) in [6, 6.07) is 0. The molecule has 2 aliphatic carbocycles. The first-order valence-corrected chi connectivity index (χ1v) is 6.28. The standard InChI is InChI=1S/C12H12BrNO3/c1-17-10(15)11-2-3-12(16,6-11)7-4-14-5-8(13)9(7)11/h4-5,16H,2-3,6H2,1H3. The second-order valence-electron chi connectivity index (χ2n) is 4.83. The van der Waals surface area contributed by atoms with Crippen molar-refractivity contribution in [3.8, 4) is 0 Å². The summed E-state index contributed by atoms with van der Waals surface area (Å²) in [5.74, 6) is -0.265. The Morgan fingerprint density at radius 2 is 2.29 bits per heavy atom. The molecule has 0 radical (unpaired) electrons. The molecular weight excluding hydrogens is 286 g/mol. The molecule has 2 aliphatic rings. The van der Waals surface area contributed by atoms with E-state index in [1.54, 1.807) is 12.4 Å². The number of carbonyl (C=O) groups is 1. The number of aliphatic hydroxyl groups is 1. The molecule has 17 heavy (non-hydrogen) atoms. The maximum absolute atomic E-state index is 12.1. The predicted octanol–water partition coefficient (Wildman–Crippen LogP) is 1.64. The lowest BCUT2D eigenvalue weighted by atomic mass is 9.80. The molecule has 2 atom stereocenters. The van der Waals surface area contributed by atoms with E-state index in [0.29, 0.717) is 19.3 Å². The average molecular weight is 298 g/mol. The normalized spacial score (nSPS) is 33.6. The number of nitrogens with zero attached hydrogens (tertiary/aromatic N) is 1. The highest BCUT2D eigenvalue weighted by Gasteiger charge is 2.62. The van der Waals surface area contributed by atoms with Crippen LogP contribution in [0.1, 0.15) is 30.4 Å². The molecule has 90 valence electrons. The fourth-order valence-corrected chi connectivity index (χ4v) is 4.00. The molecular formula is C12H12BrNO3. The summed E-state index contributed by atoms with van der Waals surface area (Å²) in [6.45, 7) is 0. The number of pyridine rings is 1. The van der Waals surface area contributed by atoms with Crippen LogP contribution in [0.4, 0.5) is 0 Å². The van der Waals surface area contributed by atoms with Gasteiger partial charge in [0.05, 0.1) is 18.1 Å². The van der Waals surface area contributed by atoms with Gasteiger partial charge in [-0.05, 0) is 34.3 Å². The van der Waals surface area contributed by atoms with E-state index in [-0.39, 0.29) is 5.97 Å². The molecule has 5 heteroatoms. The van der Waals surface area contributed by atoms with Gasteiger partial charge in [0.1, 0.15) is 0 Å². The van der Waals surface area contributed by atoms with Crippen LogP contribution in [-0.2, 0) is 20.5 Å². The summed E-state index contributed by atoms with van der Waals surface area (Å²) >= 11 is 3.42. The van der Waals surface area contributed by atoms with E-state index in [1.165, 1.54) is 7.11 Å². The third kappa shape index (κ3) is 1.21. The van der Waals surface area contributed by atoms with E-state index in [0.717, 1.165) is 15.6 Å². The summed E-state index contributed by atoms with van der Waals surface area (Å²) in [5.41, 5.74) is 0.0117. The first kappa shape index (κ1) is 11.2. The number of esters is 1. The Morgan fingerprint density at radius 3 is 3.00 bits per heavy atom. The van der Waals surface area contributed by atoms with E-state index in [4.69, 9.17) is 4.74 Å². The molecule has 3 rings (SSSR count). The highest BCUT2D eigenvalue weighted by atomic mass is 79.9. The van der Waals surface area contributed by atoms with Gasteiger partial charge in [0.2, 0.25) is 0 Å². The van der Waals surface area contributed by atoms with Gasteiger partial charge >= 0.3 is 5.97 Å². The van der Waals surface area contributed by atoms with Crippen molar-refractivity contribution in [2.75, 3.05) is 7.11 Å². The molecule has 0 spiro atoms. The van der Waals surface area contributed by atoms with Gasteiger partial charge in [-0.3, -0.25) is 9.78 Å². The van der Waals surface area contributed by atoms with Crippen molar-refractivity contribution in [3.63, 3.8) is 0 Å². The van der Waals surface area contributed by atoms with Crippen molar-refractivity contribution in [2.24, 2.45) is 0 Å². The minimum atomic E-state index is -0.916. The highest BCUT2D eigenvalue weighted by molar-refractivity contribution is 9.10. The van der Waals surface area contributed by atoms with Gasteiger partial charge in [-0.15, -0.1) is 0 Å². The summed E-state index contributed by atoms with van der Waals surface area (Å²) in [7, 11) is 1.39. The molecule has 1 saturated carbocycles. The first-order valence-electron chi connectivity index (χ1n) is 5.49. The monoisotopic (exact) mass is 297 g/mol. The Labute approximate surface area is 107 Å². The molecule has 1 heterocycles. The van der Waals surface area contributed by atoms with Crippen LogP contribution in [0.15, 0.2) is 16.9 Å². The molecule has 0 amide bonds. The number of carbonyl (C=O) groups excluding carboxylic acids is 1. The molecule has 1 aromatic heterocycles. The van der Waals surface area contributed by atoms with Crippen molar-refractivity contribution >= 4 is 21.9 Å². The van der Waals surface area contributed by atoms with Crippen LogP contribution in [0.3, 0.4) is 0 Å². The van der Waals surface area contributed by atoms with E-state index >= 15 is 0 Å². The summed E-state index contributed by atoms with van der Waals surface area (Å²) in [6.07, 6.45) is 4.95. The molecule has 1 fully saturated rings. The lowest BCUT2D eigenvalue weighted by Crippen LogP contribution is -2.33. The van der Waals surface area contributed by atoms with Crippen molar-refractivity contribution in [2.45, 2.75) is 30.3 Å². The minimum absolute atomic E-state index is 0.265. The Morgan fingerprint density at radius 1 is 1.53 bits per heavy atom. The summed E-state index contributed by atoms with van der Waals surface area (Å²) < 4.78 is 5.69. The zero-order valence-corrected chi connectivity index (χ0v) is 11.0. The zero-order chi connectivity index (χ0) is 12.3. The van der Waals surface area contributed by atoms with Gasteiger partial charge < -0.3 is 9.84 Å². The topological polar surface area (TPSA) is 59.4 Å². The van der Waals surface area contributed by atoms with E-state index in [2.05, 4.69) is 20.9 Å². The van der Waals surface area contributed by atoms with Gasteiger partial charge in [0, 0.05) is 28.9 Å². The van der Waals surface area contributed by atoms with Crippen LogP contribution in [0.5, 0.6) is 0 Å². The second kappa shape index (κ2) is 3.29. The van der Waals surface area contributed by atoms with Gasteiger partial charge in [0.15, 0.2) is 0 Å². The minimum Gasteiger partial charge on any atom is -0.468 e. The Balaban J connectivity index is 2.28. The second-order valence-corrected chi connectivity index (χ2v) is 5.68. The van der Waals surface area contributed by atoms with Crippen LogP contribution in [0.25, 0.3) is 0 Å². The van der Waals surface area contributed by atoms with Gasteiger partial charge in [-0.25, -0.2) is 0 Å². The molecule has 1 N–H and O–H groups in total. The van der Waals surface area contributed by atoms with E-state index < -0.39 is 11.0 Å². The summed E-state index contributed by atoms with van der Waals surface area (Å²) in [4.78, 5) is 16.2. The number of hydrogen-bond acceptors (Lipinski definition) is 4. The average Bonchev–Trinajstić information content (AvgIpc) is 2.80. The molecule has 1 aromatic rings. The number of aromatic nitrogens is 1. The van der Waals surface area contributed by atoms with Gasteiger partial charge in [0.25, 0.3) is 0 Å². The number of fused-ring (bicyclic) bond motifs is 5. The van der Waals surface area contributed by atoms with Crippen LogP contribution >= 0.6 is 15.9 Å². The SMILES string of the molecule is COC(=O)C12CCC(O)(C1)c1cncc(Br)c12. The van der Waals surface area contributed by atoms with E-state index in [1.807, 2.05) is 0 Å². The Bertz CT molecular complexity index is 518. The van der Waals surface area contributed by atoms with Gasteiger partial charge in [-0.1, -0.05) is 0 Å². The lowest BCUT2D eigenvalue weighted by Gasteiger charge is -2.27. The molecule has 0 saturated heterocycles. The van der Waals surface area contributed by atoms with Crippen molar-refractivity contribution in [3.05, 3.63) is 28.0 Å². The molecule has 0 aromatic carbocycles. The largest absolute Gasteiger partial charge is 0.468 e. The number of rotatable bonds is 1. The third-order valence-corrected chi connectivity index (χ3v) is 4.62. The number of halogens is 1. The molecule has 0 aliphatic heterocycles. The molecule has 4 nitrogen and oxygen atoms in total. The molecule has 2 unspecified atom stereocenters. The van der Waals surface area contributed by atoms with Crippen molar-refractivity contribution in [1.29, 1.82) is 0 Å². The number of methoxy groups -OCH3 is 1. The maximum Gasteiger partial charge on any atom is 0.316 e. The predicted molar refractivity (Wildman–Crippen MR) is 63.4 cm³/mol. The quantitative estimate of drug-likeness (QED) is 0.801. The Kier molecular flexibility index (Phi) is 2.16. The first-order chi connectivity index (χ1) is 8.03. The number of ether oxygens (including phenoxy) is 1. The van der Waals surface area contributed by atoms with Crippen LogP contribution in [0.2, 0.25) is 0 Å². The summed E-state index contributed by atoms with van der Waals surface area (Å²) in [5, 5.41) is 10.6. The van der Waals surface area contributed by atoms with E-state index in [9.17, 15) is 9.90 Å². The molecule has 2 bridgehead atoms. The lowest BCUT2D eigenvalue weighted by molar-refractivity contribution is -0.147. The van der Waals surface area contributed by atoms with Crippen LogP contribution in [0, 0.1) is 0 Å². The maximum atomic E-state index is 12.1. The zero-order valence-electron chi connectivity index (χ0n) is 9.36. The third-order valence-electron chi connectivity index (χ3n) is 4.02.